The first-order chi connectivity index (χ1) is 15.4. The van der Waals surface area contributed by atoms with E-state index in [0.29, 0.717) is 25.9 Å². The van der Waals surface area contributed by atoms with E-state index in [9.17, 15) is 14.4 Å². The van der Waals surface area contributed by atoms with Crippen molar-refractivity contribution in [3.05, 3.63) is 35.4 Å². The van der Waals surface area contributed by atoms with Crippen LogP contribution in [-0.4, -0.2) is 52.8 Å². The van der Waals surface area contributed by atoms with Gasteiger partial charge in [-0.2, -0.15) is 0 Å². The van der Waals surface area contributed by atoms with Gasteiger partial charge in [0.05, 0.1) is 0 Å². The summed E-state index contributed by atoms with van der Waals surface area (Å²) >= 11 is 0. The monoisotopic (exact) mass is 440 g/mol. The van der Waals surface area contributed by atoms with E-state index in [1.807, 2.05) is 0 Å². The quantitative estimate of drug-likeness (QED) is 0.609. The van der Waals surface area contributed by atoms with E-state index in [1.54, 1.807) is 0 Å². The Balaban J connectivity index is 1.15. The van der Waals surface area contributed by atoms with Crippen LogP contribution in [0.25, 0.3) is 0 Å². The van der Waals surface area contributed by atoms with E-state index in [4.69, 9.17) is 0 Å². The Labute approximate surface area is 190 Å². The van der Waals surface area contributed by atoms with Gasteiger partial charge < -0.3 is 10.6 Å². The van der Waals surface area contributed by atoms with Crippen molar-refractivity contribution in [1.82, 2.24) is 20.4 Å². The molecule has 7 nitrogen and oxygen atoms in total. The molecule has 1 aromatic carbocycles. The van der Waals surface area contributed by atoms with Gasteiger partial charge in [0.25, 0.3) is 5.91 Å². The smallest absolute Gasteiger partial charge is 0.325 e. The van der Waals surface area contributed by atoms with Crippen LogP contribution in [0.2, 0.25) is 0 Å². The van der Waals surface area contributed by atoms with Crippen LogP contribution >= 0.6 is 0 Å². The predicted molar refractivity (Wildman–Crippen MR) is 123 cm³/mol. The van der Waals surface area contributed by atoms with Crippen molar-refractivity contribution in [3.63, 3.8) is 0 Å². The molecule has 0 radical (unpaired) electrons. The summed E-state index contributed by atoms with van der Waals surface area (Å²) in [6.45, 7) is 6.45. The SMILES string of the molecule is CC1CCN(Cc2ccc(CNC(=O)CCCN3C(=O)NC4(CCCC4)C3=O)cc2)CC1. The van der Waals surface area contributed by atoms with Crippen molar-refractivity contribution in [2.45, 2.75) is 76.9 Å². The Morgan fingerprint density at radius 1 is 1.09 bits per heavy atom. The molecule has 1 aromatic rings. The number of amides is 4. The van der Waals surface area contributed by atoms with E-state index in [-0.39, 0.29) is 17.8 Å². The Morgan fingerprint density at radius 3 is 2.44 bits per heavy atom. The number of urea groups is 1. The number of nitrogens with one attached hydrogen (secondary N) is 2. The average molecular weight is 441 g/mol. The van der Waals surface area contributed by atoms with Gasteiger partial charge in [0.1, 0.15) is 5.54 Å². The third-order valence-corrected chi connectivity index (χ3v) is 7.28. The molecule has 1 spiro atoms. The van der Waals surface area contributed by atoms with Gasteiger partial charge in [-0.05, 0) is 62.2 Å². The van der Waals surface area contributed by atoms with Crippen LogP contribution in [0.4, 0.5) is 4.79 Å². The van der Waals surface area contributed by atoms with Gasteiger partial charge in [-0.15, -0.1) is 0 Å². The maximum absolute atomic E-state index is 12.6. The summed E-state index contributed by atoms with van der Waals surface area (Å²) in [5, 5.41) is 5.83. The molecule has 0 atom stereocenters. The number of hydrogen-bond acceptors (Lipinski definition) is 4. The zero-order chi connectivity index (χ0) is 22.6. The molecular weight excluding hydrogens is 404 g/mol. The van der Waals surface area contributed by atoms with Crippen LogP contribution in [0.5, 0.6) is 0 Å². The standard InChI is InChI=1S/C25H36N4O3/c1-19-10-15-28(16-11-19)18-21-8-6-20(7-9-21)17-26-22(30)5-4-14-29-23(31)25(27-24(29)32)12-2-3-13-25/h6-9,19H,2-5,10-18H2,1H3,(H,26,30)(H,27,32). The highest BCUT2D eigenvalue weighted by atomic mass is 16.2. The molecule has 0 unspecified atom stereocenters. The molecule has 2 saturated heterocycles. The summed E-state index contributed by atoms with van der Waals surface area (Å²) in [7, 11) is 0. The fourth-order valence-corrected chi connectivity index (χ4v) is 5.12. The lowest BCUT2D eigenvalue weighted by Crippen LogP contribution is -2.44. The summed E-state index contributed by atoms with van der Waals surface area (Å²) in [6.07, 6.45) is 6.74. The lowest BCUT2D eigenvalue weighted by Gasteiger charge is -2.30. The predicted octanol–water partition coefficient (Wildman–Crippen LogP) is 3.18. The van der Waals surface area contributed by atoms with Gasteiger partial charge in [0, 0.05) is 26.1 Å². The first kappa shape index (κ1) is 22.8. The first-order valence-electron chi connectivity index (χ1n) is 12.2. The van der Waals surface area contributed by atoms with Gasteiger partial charge in [0.15, 0.2) is 0 Å². The first-order valence-corrected chi connectivity index (χ1v) is 12.2. The Bertz CT molecular complexity index is 824. The fraction of sp³-hybridized carbons (Fsp3) is 0.640. The van der Waals surface area contributed by atoms with Crippen LogP contribution in [0.1, 0.15) is 69.4 Å². The minimum absolute atomic E-state index is 0.0563. The van der Waals surface area contributed by atoms with Crippen molar-refractivity contribution >= 4 is 17.8 Å². The molecule has 174 valence electrons. The van der Waals surface area contributed by atoms with Crippen LogP contribution in [0, 0.1) is 5.92 Å². The molecule has 0 aromatic heterocycles. The fourth-order valence-electron chi connectivity index (χ4n) is 5.12. The third kappa shape index (κ3) is 5.31. The summed E-state index contributed by atoms with van der Waals surface area (Å²) in [5.41, 5.74) is 1.72. The topological polar surface area (TPSA) is 81.8 Å². The Hall–Kier alpha value is -2.41. The number of piperidine rings is 1. The molecule has 2 aliphatic heterocycles. The second kappa shape index (κ2) is 10.0. The minimum atomic E-state index is -0.669. The number of hydrogen-bond donors (Lipinski definition) is 2. The van der Waals surface area contributed by atoms with Crippen molar-refractivity contribution in [1.29, 1.82) is 0 Å². The second-order valence-corrected chi connectivity index (χ2v) is 9.83. The molecule has 3 fully saturated rings. The average Bonchev–Trinajstić information content (AvgIpc) is 3.35. The number of carbonyl (C=O) groups is 3. The molecule has 2 heterocycles. The number of likely N-dealkylation sites (tertiary alicyclic amines) is 1. The maximum atomic E-state index is 12.6. The lowest BCUT2D eigenvalue weighted by molar-refractivity contribution is -0.131. The van der Waals surface area contributed by atoms with E-state index in [0.717, 1.165) is 43.7 Å². The number of benzene rings is 1. The molecule has 2 N–H and O–H groups in total. The summed E-state index contributed by atoms with van der Waals surface area (Å²) in [4.78, 5) is 40.9. The molecular formula is C25H36N4O3. The van der Waals surface area contributed by atoms with Gasteiger partial charge >= 0.3 is 6.03 Å². The molecule has 3 aliphatic rings. The summed E-state index contributed by atoms with van der Waals surface area (Å²) in [5.74, 6) is 0.674. The van der Waals surface area contributed by atoms with E-state index in [2.05, 4.69) is 46.7 Å². The number of nitrogens with zero attached hydrogens (tertiary/aromatic N) is 2. The van der Waals surface area contributed by atoms with E-state index >= 15 is 0 Å². The largest absolute Gasteiger partial charge is 0.352 e. The van der Waals surface area contributed by atoms with Crippen molar-refractivity contribution < 1.29 is 14.4 Å². The molecule has 4 amide bonds. The van der Waals surface area contributed by atoms with Gasteiger partial charge in [-0.3, -0.25) is 19.4 Å². The molecule has 32 heavy (non-hydrogen) atoms. The highest BCUT2D eigenvalue weighted by Crippen LogP contribution is 2.35. The zero-order valence-corrected chi connectivity index (χ0v) is 19.2. The van der Waals surface area contributed by atoms with Crippen molar-refractivity contribution in [3.8, 4) is 0 Å². The molecule has 4 rings (SSSR count). The highest BCUT2D eigenvalue weighted by molar-refractivity contribution is 6.07. The third-order valence-electron chi connectivity index (χ3n) is 7.28. The van der Waals surface area contributed by atoms with E-state index in [1.165, 1.54) is 36.4 Å². The highest BCUT2D eigenvalue weighted by Gasteiger charge is 2.52. The lowest BCUT2D eigenvalue weighted by atomic mass is 9.98. The van der Waals surface area contributed by atoms with E-state index < -0.39 is 5.54 Å². The Kier molecular flexibility index (Phi) is 7.13. The minimum Gasteiger partial charge on any atom is -0.352 e. The zero-order valence-electron chi connectivity index (χ0n) is 19.2. The van der Waals surface area contributed by atoms with Crippen LogP contribution < -0.4 is 10.6 Å². The van der Waals surface area contributed by atoms with Gasteiger partial charge in [-0.1, -0.05) is 44.0 Å². The van der Waals surface area contributed by atoms with Gasteiger partial charge in [-0.25, -0.2) is 4.79 Å². The molecule has 7 heteroatoms. The van der Waals surface area contributed by atoms with Crippen LogP contribution in [-0.2, 0) is 22.7 Å². The summed E-state index contributed by atoms with van der Waals surface area (Å²) in [6, 6.07) is 8.15. The maximum Gasteiger partial charge on any atom is 0.325 e. The Morgan fingerprint density at radius 2 is 1.75 bits per heavy atom. The van der Waals surface area contributed by atoms with Gasteiger partial charge in [0.2, 0.25) is 5.91 Å². The second-order valence-electron chi connectivity index (χ2n) is 9.83. The van der Waals surface area contributed by atoms with Crippen molar-refractivity contribution in [2.24, 2.45) is 5.92 Å². The number of carbonyl (C=O) groups excluding carboxylic acids is 3. The number of rotatable bonds is 8. The number of imide groups is 1. The molecule has 0 bridgehead atoms. The van der Waals surface area contributed by atoms with Crippen molar-refractivity contribution in [2.75, 3.05) is 19.6 Å². The molecule has 1 aliphatic carbocycles. The van der Waals surface area contributed by atoms with Crippen LogP contribution in [0.15, 0.2) is 24.3 Å². The normalized spacial score (nSPS) is 21.3. The summed E-state index contributed by atoms with van der Waals surface area (Å²) < 4.78 is 0. The molecule has 1 saturated carbocycles. The van der Waals surface area contributed by atoms with Crippen LogP contribution in [0.3, 0.4) is 0 Å².